The Kier molecular flexibility index (Phi) is 2.64. The van der Waals surface area contributed by atoms with Crippen LogP contribution in [0.25, 0.3) is 0 Å². The van der Waals surface area contributed by atoms with E-state index in [2.05, 4.69) is 5.32 Å². The van der Waals surface area contributed by atoms with Crippen molar-refractivity contribution in [3.8, 4) is 5.75 Å². The molecule has 1 aliphatic heterocycles. The molecule has 82 valence electrons. The number of amides is 1. The Balaban J connectivity index is 2.25. The number of rotatable bonds is 3. The lowest BCUT2D eigenvalue weighted by Crippen LogP contribution is -2.57. The van der Waals surface area contributed by atoms with Gasteiger partial charge < -0.3 is 15.8 Å². The Labute approximate surface area is 93.4 Å². The molecule has 1 aromatic carbocycles. The lowest BCUT2D eigenvalue weighted by molar-refractivity contribution is -0.131. The molecular weight excluding hydrogens is 204 g/mol. The van der Waals surface area contributed by atoms with Gasteiger partial charge in [-0.1, -0.05) is 24.3 Å². The Bertz CT molecular complexity index is 440. The molecule has 0 fully saturated rings. The number of primary amides is 1. The first-order chi connectivity index (χ1) is 7.73. The average molecular weight is 216 g/mol. The lowest BCUT2D eigenvalue weighted by atomic mass is 10.1. The van der Waals surface area contributed by atoms with E-state index < -0.39 is 11.6 Å². The van der Waals surface area contributed by atoms with Gasteiger partial charge in [0.15, 0.2) is 0 Å². The van der Waals surface area contributed by atoms with Crippen LogP contribution in [0.3, 0.4) is 0 Å². The van der Waals surface area contributed by atoms with Crippen molar-refractivity contribution in [3.05, 3.63) is 54.8 Å². The number of dihydropyridines is 1. The monoisotopic (exact) mass is 216 g/mol. The predicted octanol–water partition coefficient (Wildman–Crippen LogP) is 0.920. The maximum atomic E-state index is 11.4. The number of nitrogens with one attached hydrogen (secondary N) is 1. The van der Waals surface area contributed by atoms with Gasteiger partial charge in [0, 0.05) is 6.20 Å². The summed E-state index contributed by atoms with van der Waals surface area (Å²) in [6, 6.07) is 9.05. The van der Waals surface area contributed by atoms with Crippen LogP contribution in [-0.4, -0.2) is 11.6 Å². The van der Waals surface area contributed by atoms with Crippen LogP contribution in [0.4, 0.5) is 0 Å². The molecule has 0 bridgehead atoms. The third kappa shape index (κ3) is 1.91. The number of hydrogen-bond donors (Lipinski definition) is 2. The largest absolute Gasteiger partial charge is 0.455 e. The minimum atomic E-state index is -1.30. The van der Waals surface area contributed by atoms with Gasteiger partial charge in [0.1, 0.15) is 5.75 Å². The molecule has 3 N–H and O–H groups in total. The van der Waals surface area contributed by atoms with Crippen LogP contribution in [0.5, 0.6) is 5.75 Å². The highest BCUT2D eigenvalue weighted by Crippen LogP contribution is 2.19. The van der Waals surface area contributed by atoms with Crippen LogP contribution in [-0.2, 0) is 4.79 Å². The highest BCUT2D eigenvalue weighted by atomic mass is 16.5. The summed E-state index contributed by atoms with van der Waals surface area (Å²) in [4.78, 5) is 11.4. The van der Waals surface area contributed by atoms with E-state index in [1.807, 2.05) is 18.2 Å². The number of allylic oxidation sites excluding steroid dienone is 2. The molecule has 0 spiro atoms. The summed E-state index contributed by atoms with van der Waals surface area (Å²) in [5.41, 5.74) is 4.04. The number of carbonyl (C=O) groups is 1. The first-order valence-corrected chi connectivity index (χ1v) is 4.89. The van der Waals surface area contributed by atoms with Gasteiger partial charge in [-0.25, -0.2) is 0 Å². The summed E-state index contributed by atoms with van der Waals surface area (Å²) in [7, 11) is 0. The Morgan fingerprint density at radius 2 is 2.00 bits per heavy atom. The van der Waals surface area contributed by atoms with Crippen molar-refractivity contribution in [2.75, 3.05) is 0 Å². The van der Waals surface area contributed by atoms with Gasteiger partial charge >= 0.3 is 0 Å². The van der Waals surface area contributed by atoms with Crippen LogP contribution in [0.15, 0.2) is 54.8 Å². The summed E-state index contributed by atoms with van der Waals surface area (Å²) >= 11 is 0. The standard InChI is InChI=1S/C12H12N2O2/c13-11(15)12(8-4-5-9-14-12)16-10-6-2-1-3-7-10/h1-9,14H,(H2,13,15). The van der Waals surface area contributed by atoms with Gasteiger partial charge in [-0.05, 0) is 24.3 Å². The maximum absolute atomic E-state index is 11.4. The van der Waals surface area contributed by atoms with Gasteiger partial charge in [0.2, 0.25) is 0 Å². The maximum Gasteiger partial charge on any atom is 0.287 e. The Morgan fingerprint density at radius 1 is 1.25 bits per heavy atom. The number of ether oxygens (including phenoxy) is 1. The smallest absolute Gasteiger partial charge is 0.287 e. The highest BCUT2D eigenvalue weighted by Gasteiger charge is 2.36. The van der Waals surface area contributed by atoms with E-state index in [1.54, 1.807) is 36.6 Å². The number of benzene rings is 1. The first kappa shape index (κ1) is 10.3. The van der Waals surface area contributed by atoms with Crippen molar-refractivity contribution in [1.29, 1.82) is 0 Å². The molecule has 1 aliphatic rings. The molecule has 0 aliphatic carbocycles. The van der Waals surface area contributed by atoms with Gasteiger partial charge in [-0.15, -0.1) is 0 Å². The van der Waals surface area contributed by atoms with Crippen molar-refractivity contribution in [1.82, 2.24) is 5.32 Å². The minimum absolute atomic E-state index is 0.578. The van der Waals surface area contributed by atoms with Crippen LogP contribution in [0.2, 0.25) is 0 Å². The molecule has 2 rings (SSSR count). The SMILES string of the molecule is NC(=O)C1(Oc2ccccc2)C=CC=CN1. The molecule has 1 heterocycles. The number of para-hydroxylation sites is 1. The van der Waals surface area contributed by atoms with Gasteiger partial charge in [0.05, 0.1) is 0 Å². The zero-order valence-electron chi connectivity index (χ0n) is 8.59. The fourth-order valence-corrected chi connectivity index (χ4v) is 1.41. The van der Waals surface area contributed by atoms with E-state index in [1.165, 1.54) is 0 Å². The highest BCUT2D eigenvalue weighted by molar-refractivity contribution is 5.86. The van der Waals surface area contributed by atoms with Crippen LogP contribution in [0.1, 0.15) is 0 Å². The summed E-state index contributed by atoms with van der Waals surface area (Å²) in [5, 5.41) is 2.82. The number of carbonyl (C=O) groups excluding carboxylic acids is 1. The Hall–Kier alpha value is -2.23. The van der Waals surface area contributed by atoms with E-state index in [0.717, 1.165) is 0 Å². The molecule has 1 atom stereocenters. The predicted molar refractivity (Wildman–Crippen MR) is 60.4 cm³/mol. The zero-order valence-corrected chi connectivity index (χ0v) is 8.59. The minimum Gasteiger partial charge on any atom is -0.455 e. The van der Waals surface area contributed by atoms with Crippen molar-refractivity contribution in [2.45, 2.75) is 5.72 Å². The molecule has 0 saturated heterocycles. The van der Waals surface area contributed by atoms with E-state index in [4.69, 9.17) is 10.5 Å². The molecule has 16 heavy (non-hydrogen) atoms. The van der Waals surface area contributed by atoms with Gasteiger partial charge in [-0.2, -0.15) is 0 Å². The van der Waals surface area contributed by atoms with Crippen LogP contribution in [0, 0.1) is 0 Å². The van der Waals surface area contributed by atoms with Crippen molar-refractivity contribution in [3.63, 3.8) is 0 Å². The van der Waals surface area contributed by atoms with Gasteiger partial charge in [-0.3, -0.25) is 4.79 Å². The second kappa shape index (κ2) is 4.10. The first-order valence-electron chi connectivity index (χ1n) is 4.89. The molecule has 0 aromatic heterocycles. The fourth-order valence-electron chi connectivity index (χ4n) is 1.41. The van der Waals surface area contributed by atoms with Crippen molar-refractivity contribution in [2.24, 2.45) is 5.73 Å². The number of nitrogens with two attached hydrogens (primary N) is 1. The Morgan fingerprint density at radius 3 is 2.56 bits per heavy atom. The number of hydrogen-bond acceptors (Lipinski definition) is 3. The van der Waals surface area contributed by atoms with E-state index >= 15 is 0 Å². The topological polar surface area (TPSA) is 64.4 Å². The average Bonchev–Trinajstić information content (AvgIpc) is 2.31. The molecule has 0 radical (unpaired) electrons. The van der Waals surface area contributed by atoms with Crippen LogP contribution >= 0.6 is 0 Å². The third-order valence-corrected chi connectivity index (χ3v) is 2.22. The van der Waals surface area contributed by atoms with E-state index in [9.17, 15) is 4.79 Å². The molecule has 1 aromatic rings. The molecule has 1 unspecified atom stereocenters. The van der Waals surface area contributed by atoms with Gasteiger partial charge in [0.25, 0.3) is 11.6 Å². The molecule has 4 heteroatoms. The second-order valence-corrected chi connectivity index (χ2v) is 3.38. The van der Waals surface area contributed by atoms with Crippen molar-refractivity contribution >= 4 is 5.91 Å². The summed E-state index contributed by atoms with van der Waals surface area (Å²) in [6.45, 7) is 0. The molecular formula is C12H12N2O2. The lowest BCUT2D eigenvalue weighted by Gasteiger charge is -2.30. The molecule has 1 amide bonds. The summed E-state index contributed by atoms with van der Waals surface area (Å²) in [5.74, 6) is -0.00861. The normalized spacial score (nSPS) is 22.5. The molecule has 0 saturated carbocycles. The van der Waals surface area contributed by atoms with E-state index in [-0.39, 0.29) is 0 Å². The third-order valence-electron chi connectivity index (χ3n) is 2.22. The zero-order chi connectivity index (χ0) is 11.4. The quantitative estimate of drug-likeness (QED) is 0.789. The van der Waals surface area contributed by atoms with E-state index in [0.29, 0.717) is 5.75 Å². The van der Waals surface area contributed by atoms with Crippen molar-refractivity contribution < 1.29 is 9.53 Å². The fraction of sp³-hybridized carbons (Fsp3) is 0.0833. The summed E-state index contributed by atoms with van der Waals surface area (Å²) in [6.07, 6.45) is 6.68. The molecule has 4 nitrogen and oxygen atoms in total. The van der Waals surface area contributed by atoms with Crippen LogP contribution < -0.4 is 15.8 Å². The second-order valence-electron chi connectivity index (χ2n) is 3.38. The summed E-state index contributed by atoms with van der Waals surface area (Å²) < 4.78 is 5.58.